The molecule has 1 fully saturated rings. The van der Waals surface area contributed by atoms with E-state index in [1.54, 1.807) is 0 Å². The third-order valence-corrected chi connectivity index (χ3v) is 10.9. The van der Waals surface area contributed by atoms with Gasteiger partial charge in [0.05, 0.1) is 23.3 Å². The standard InChI is InChI=1S/C38H46N5OS/c1-6-40-33-16-15-31(25(2)36(33)39)35(38(4,5)37(44)32-21-28(32)20-27-12-8-7-9-13-27)34-22-29(26(3)45-34)23-42-18-10-14-30(24-42)43-19-11-17-41-43/h7-9,11-13,15-17,19,21-22,30,35,40H,6,10,14,18,20,23-24,39H2,1-5H3/t30-,35+/m0/s1. The van der Waals surface area contributed by atoms with Crippen LogP contribution < -0.4 is 11.1 Å². The van der Waals surface area contributed by atoms with Crippen LogP contribution in [0.5, 0.6) is 0 Å². The van der Waals surface area contributed by atoms with Crippen LogP contribution in [-0.4, -0.2) is 40.1 Å². The van der Waals surface area contributed by atoms with Crippen LogP contribution in [0.3, 0.4) is 0 Å². The molecule has 235 valence electrons. The van der Waals surface area contributed by atoms with Gasteiger partial charge < -0.3 is 11.1 Å². The van der Waals surface area contributed by atoms with E-state index in [2.05, 4.69) is 109 Å². The van der Waals surface area contributed by atoms with E-state index >= 15 is 0 Å². The van der Waals surface area contributed by atoms with Crippen LogP contribution >= 0.6 is 11.3 Å². The fraction of sp³-hybridized carbons (Fsp3) is 0.395. The van der Waals surface area contributed by atoms with E-state index in [-0.39, 0.29) is 11.7 Å². The first-order valence-electron chi connectivity index (χ1n) is 16.3. The van der Waals surface area contributed by atoms with Crippen molar-refractivity contribution in [3.63, 3.8) is 0 Å². The number of nitrogens with zero attached hydrogens (tertiary/aromatic N) is 3. The van der Waals surface area contributed by atoms with Gasteiger partial charge in [0.1, 0.15) is 0 Å². The van der Waals surface area contributed by atoms with Crippen molar-refractivity contribution in [1.29, 1.82) is 0 Å². The molecule has 7 heteroatoms. The average Bonchev–Trinajstić information content (AvgIpc) is 3.39. The molecule has 0 unspecified atom stereocenters. The smallest absolute Gasteiger partial charge is 0.155 e. The molecule has 2 aromatic carbocycles. The molecule has 1 aliphatic carbocycles. The molecule has 2 aromatic heterocycles. The lowest BCUT2D eigenvalue weighted by atomic mass is 9.68. The average molecular weight is 621 g/mol. The number of nitrogens with one attached hydrogen (secondary N) is 1. The minimum atomic E-state index is -0.675. The van der Waals surface area contributed by atoms with Crippen molar-refractivity contribution in [2.24, 2.45) is 5.41 Å². The summed E-state index contributed by atoms with van der Waals surface area (Å²) in [6.45, 7) is 14.5. The van der Waals surface area contributed by atoms with Gasteiger partial charge in [0, 0.05) is 53.1 Å². The summed E-state index contributed by atoms with van der Waals surface area (Å²) in [4.78, 5) is 19.5. The number of aryl methyl sites for hydroxylation is 1. The van der Waals surface area contributed by atoms with Crippen LogP contribution in [0.4, 0.5) is 11.4 Å². The van der Waals surface area contributed by atoms with Crippen molar-refractivity contribution < 1.29 is 4.79 Å². The first-order valence-corrected chi connectivity index (χ1v) is 17.1. The normalized spacial score (nSPS) is 18.1. The Labute approximate surface area is 272 Å². The summed E-state index contributed by atoms with van der Waals surface area (Å²) in [5, 5.41) is 7.92. The van der Waals surface area contributed by atoms with Crippen molar-refractivity contribution in [2.45, 2.75) is 72.4 Å². The highest BCUT2D eigenvalue weighted by atomic mass is 32.1. The number of nitrogen functional groups attached to an aromatic ring is 1. The van der Waals surface area contributed by atoms with Crippen molar-refractivity contribution in [2.75, 3.05) is 30.7 Å². The number of likely N-dealkylation sites (tertiary alicyclic amines) is 1. The highest BCUT2D eigenvalue weighted by molar-refractivity contribution is 7.12. The Balaban J connectivity index is 1.30. The van der Waals surface area contributed by atoms with E-state index < -0.39 is 5.41 Å². The van der Waals surface area contributed by atoms with E-state index in [9.17, 15) is 4.79 Å². The van der Waals surface area contributed by atoms with Crippen LogP contribution in [0, 0.1) is 25.2 Å². The predicted octanol–water partition coefficient (Wildman–Crippen LogP) is 7.90. The number of aromatic nitrogens is 2. The van der Waals surface area contributed by atoms with Crippen LogP contribution in [0.15, 0.2) is 78.6 Å². The van der Waals surface area contributed by atoms with Crippen LogP contribution in [0.25, 0.3) is 0 Å². The van der Waals surface area contributed by atoms with Gasteiger partial charge in [-0.15, -0.1) is 11.3 Å². The predicted molar refractivity (Wildman–Crippen MR) is 187 cm³/mol. The molecule has 0 bridgehead atoms. The lowest BCUT2D eigenvalue weighted by Gasteiger charge is -2.35. The number of anilines is 2. The van der Waals surface area contributed by atoms with Gasteiger partial charge in [-0.3, -0.25) is 14.4 Å². The van der Waals surface area contributed by atoms with Gasteiger partial charge in [0.25, 0.3) is 0 Å². The number of ketones is 1. The molecule has 0 amide bonds. The highest BCUT2D eigenvalue weighted by Gasteiger charge is 2.47. The zero-order valence-corrected chi connectivity index (χ0v) is 28.1. The number of Topliss-reactive ketones (excluding diaryl/α,β-unsaturated/α-hetero) is 1. The summed E-state index contributed by atoms with van der Waals surface area (Å²) in [5.74, 6) is 0.964. The van der Waals surface area contributed by atoms with Crippen molar-refractivity contribution in [1.82, 2.24) is 14.7 Å². The van der Waals surface area contributed by atoms with E-state index in [4.69, 9.17) is 5.73 Å². The Bertz CT molecular complexity index is 1670. The third kappa shape index (κ3) is 6.52. The molecule has 1 aliphatic heterocycles. The van der Waals surface area contributed by atoms with Gasteiger partial charge in [-0.05, 0) is 92.6 Å². The molecular formula is C38H46N5OS. The topological polar surface area (TPSA) is 76.2 Å². The second-order valence-corrected chi connectivity index (χ2v) is 14.5. The largest absolute Gasteiger partial charge is 0.397 e. The van der Waals surface area contributed by atoms with Gasteiger partial charge in [0.2, 0.25) is 0 Å². The Morgan fingerprint density at radius 2 is 1.96 bits per heavy atom. The second-order valence-electron chi connectivity index (χ2n) is 13.2. The SMILES string of the molecule is CCNc1ccc([C@H](c2cc(CN3CCC[C@H](n4cccn4)C3)c(C)s2)C(C)(C)C(=O)[C]2C=C2Cc2ccccc2)c(C)c1N. The monoisotopic (exact) mass is 620 g/mol. The van der Waals surface area contributed by atoms with Crippen LogP contribution in [-0.2, 0) is 17.8 Å². The molecular weight excluding hydrogens is 575 g/mol. The van der Waals surface area contributed by atoms with Crippen molar-refractivity contribution in [3.8, 4) is 0 Å². The van der Waals surface area contributed by atoms with Crippen molar-refractivity contribution >= 4 is 28.5 Å². The first kappa shape index (κ1) is 31.3. The summed E-state index contributed by atoms with van der Waals surface area (Å²) in [6.07, 6.45) is 9.16. The molecule has 0 spiro atoms. The molecule has 1 radical (unpaired) electrons. The maximum atomic E-state index is 14.4. The molecule has 2 aliphatic rings. The lowest BCUT2D eigenvalue weighted by molar-refractivity contribution is -0.124. The van der Waals surface area contributed by atoms with E-state index in [0.717, 1.165) is 79.4 Å². The fourth-order valence-corrected chi connectivity index (χ4v) is 8.41. The second kappa shape index (κ2) is 13.0. The Hall–Kier alpha value is -3.68. The van der Waals surface area contributed by atoms with E-state index in [1.807, 2.05) is 29.7 Å². The van der Waals surface area contributed by atoms with E-state index in [1.165, 1.54) is 20.9 Å². The zero-order chi connectivity index (χ0) is 31.7. The number of benzene rings is 2. The number of hydrogen-bond donors (Lipinski definition) is 2. The van der Waals surface area contributed by atoms with Crippen LogP contribution in [0.1, 0.15) is 77.6 Å². The van der Waals surface area contributed by atoms with Gasteiger partial charge in [0.15, 0.2) is 5.78 Å². The van der Waals surface area contributed by atoms with Crippen molar-refractivity contribution in [3.05, 3.63) is 117 Å². The molecule has 6 nitrogen and oxygen atoms in total. The van der Waals surface area contributed by atoms with E-state index in [0.29, 0.717) is 6.04 Å². The molecule has 2 atom stereocenters. The fourth-order valence-electron chi connectivity index (χ4n) is 7.06. The number of nitrogens with two attached hydrogens (primary N) is 1. The number of piperidine rings is 1. The number of hydrogen-bond acceptors (Lipinski definition) is 6. The Morgan fingerprint density at radius 3 is 2.69 bits per heavy atom. The van der Waals surface area contributed by atoms with Gasteiger partial charge in [-0.25, -0.2) is 0 Å². The molecule has 3 N–H and O–H groups in total. The van der Waals surface area contributed by atoms with Gasteiger partial charge in [-0.2, -0.15) is 5.10 Å². The molecule has 4 aromatic rings. The molecule has 45 heavy (non-hydrogen) atoms. The van der Waals surface area contributed by atoms with Gasteiger partial charge >= 0.3 is 0 Å². The summed E-state index contributed by atoms with van der Waals surface area (Å²) in [6, 6.07) is 19.5. The minimum Gasteiger partial charge on any atom is -0.397 e. The summed E-state index contributed by atoms with van der Waals surface area (Å²) in [7, 11) is 0. The quantitative estimate of drug-likeness (QED) is 0.158. The number of carbonyl (C=O) groups excluding carboxylic acids is 1. The van der Waals surface area contributed by atoms with Crippen LogP contribution in [0.2, 0.25) is 0 Å². The number of rotatable bonds is 12. The lowest BCUT2D eigenvalue weighted by Crippen LogP contribution is -2.36. The number of carbonyl (C=O) groups is 1. The first-order chi connectivity index (χ1) is 21.7. The number of thiophene rings is 1. The Kier molecular flexibility index (Phi) is 9.03. The van der Waals surface area contributed by atoms with Gasteiger partial charge in [-0.1, -0.05) is 56.3 Å². The summed E-state index contributed by atoms with van der Waals surface area (Å²) >= 11 is 1.83. The maximum absolute atomic E-state index is 14.4. The molecule has 6 rings (SSSR count). The summed E-state index contributed by atoms with van der Waals surface area (Å²) in [5.41, 5.74) is 13.7. The maximum Gasteiger partial charge on any atom is 0.155 e. The number of allylic oxidation sites excluding steroid dienone is 2. The molecule has 3 heterocycles. The zero-order valence-electron chi connectivity index (χ0n) is 27.3. The highest BCUT2D eigenvalue weighted by Crippen LogP contribution is 2.51. The minimum absolute atomic E-state index is 0.127. The Morgan fingerprint density at radius 1 is 1.16 bits per heavy atom. The third-order valence-electron chi connectivity index (χ3n) is 9.70. The summed E-state index contributed by atoms with van der Waals surface area (Å²) < 4.78 is 2.11. The molecule has 1 saturated heterocycles. The molecule has 0 saturated carbocycles.